The Morgan fingerprint density at radius 2 is 1.69 bits per heavy atom. The first kappa shape index (κ1) is 20.2. The largest absolute Gasteiger partial charge is 0.478 e. The molecule has 3 aromatic carbocycles. The zero-order chi connectivity index (χ0) is 21.2. The molecule has 7 nitrogen and oxygen atoms in total. The molecule has 0 unspecified atom stereocenters. The molecule has 0 heterocycles. The van der Waals surface area contributed by atoms with Gasteiger partial charge in [-0.2, -0.15) is 0 Å². The number of carbonyl (C=O) groups excluding carboxylic acids is 1. The highest BCUT2D eigenvalue weighted by molar-refractivity contribution is 7.89. The minimum Gasteiger partial charge on any atom is -0.478 e. The molecular weight excluding hydrogens is 392 g/mol. The average molecular weight is 410 g/mol. The maximum atomic E-state index is 12.4. The zero-order valence-electron chi connectivity index (χ0n) is 15.4. The number of carboxylic acid groups (broad SMARTS) is 1. The van der Waals surface area contributed by atoms with E-state index in [1.165, 1.54) is 6.08 Å². The first-order valence-electron chi connectivity index (χ1n) is 8.54. The molecule has 0 spiro atoms. The van der Waals surface area contributed by atoms with E-state index in [2.05, 4.69) is 5.32 Å². The molecule has 148 valence electrons. The summed E-state index contributed by atoms with van der Waals surface area (Å²) >= 11 is 0. The van der Waals surface area contributed by atoms with Gasteiger partial charge in [0.25, 0.3) is 0 Å². The van der Waals surface area contributed by atoms with E-state index in [9.17, 15) is 23.1 Å². The van der Waals surface area contributed by atoms with Crippen molar-refractivity contribution in [1.29, 1.82) is 0 Å². The number of fused-ring (bicyclic) bond motifs is 1. The van der Waals surface area contributed by atoms with E-state index in [4.69, 9.17) is 5.14 Å². The van der Waals surface area contributed by atoms with Crippen LogP contribution in [-0.2, 0) is 14.8 Å². The fourth-order valence-electron chi connectivity index (χ4n) is 2.87. The van der Waals surface area contributed by atoms with Crippen LogP contribution in [0.3, 0.4) is 0 Å². The van der Waals surface area contributed by atoms with E-state index in [0.29, 0.717) is 5.57 Å². The SMILES string of the molecule is CC(=CC(=O)Nc1cc(S(N)(=O)=O)ccc1C(=O)O)c1ccc2ccccc2c1. The van der Waals surface area contributed by atoms with E-state index in [-0.39, 0.29) is 16.1 Å². The molecular formula is C21H18N2O5S. The number of carboxylic acids is 1. The number of aromatic carboxylic acids is 1. The highest BCUT2D eigenvalue weighted by atomic mass is 32.2. The minimum absolute atomic E-state index is 0.156. The summed E-state index contributed by atoms with van der Waals surface area (Å²) in [7, 11) is -4.05. The molecule has 4 N–H and O–H groups in total. The second kappa shape index (κ2) is 7.86. The number of amides is 1. The van der Waals surface area contributed by atoms with Gasteiger partial charge in [-0.3, -0.25) is 4.79 Å². The van der Waals surface area contributed by atoms with Crippen LogP contribution in [0.15, 0.2) is 71.6 Å². The predicted molar refractivity (Wildman–Crippen MR) is 111 cm³/mol. The van der Waals surface area contributed by atoms with Gasteiger partial charge in [0.05, 0.1) is 16.1 Å². The van der Waals surface area contributed by atoms with E-state index in [1.807, 2.05) is 42.5 Å². The zero-order valence-corrected chi connectivity index (χ0v) is 16.2. The Morgan fingerprint density at radius 1 is 1.00 bits per heavy atom. The number of hydrogen-bond donors (Lipinski definition) is 3. The number of benzene rings is 3. The van der Waals surface area contributed by atoms with E-state index >= 15 is 0 Å². The summed E-state index contributed by atoms with van der Waals surface area (Å²) in [5.41, 5.74) is 1.09. The highest BCUT2D eigenvalue weighted by Crippen LogP contribution is 2.23. The first-order chi connectivity index (χ1) is 13.6. The maximum Gasteiger partial charge on any atom is 0.337 e. The topological polar surface area (TPSA) is 127 Å². The molecule has 0 aromatic heterocycles. The van der Waals surface area contributed by atoms with Gasteiger partial charge in [0.2, 0.25) is 15.9 Å². The number of sulfonamides is 1. The Bertz CT molecular complexity index is 1260. The van der Waals surface area contributed by atoms with Crippen LogP contribution >= 0.6 is 0 Å². The third kappa shape index (κ3) is 4.68. The van der Waals surface area contributed by atoms with Gasteiger partial charge in [-0.05, 0) is 53.1 Å². The van der Waals surface area contributed by atoms with Crippen LogP contribution in [0.2, 0.25) is 0 Å². The molecule has 0 aliphatic rings. The van der Waals surface area contributed by atoms with Gasteiger partial charge in [0.15, 0.2) is 0 Å². The van der Waals surface area contributed by atoms with Gasteiger partial charge in [0.1, 0.15) is 0 Å². The van der Waals surface area contributed by atoms with Crippen LogP contribution in [0.1, 0.15) is 22.8 Å². The van der Waals surface area contributed by atoms with Crippen LogP contribution < -0.4 is 10.5 Å². The second-order valence-corrected chi connectivity index (χ2v) is 8.00. The number of anilines is 1. The highest BCUT2D eigenvalue weighted by Gasteiger charge is 2.17. The van der Waals surface area contributed by atoms with Crippen molar-refractivity contribution in [2.45, 2.75) is 11.8 Å². The third-order valence-corrected chi connectivity index (χ3v) is 5.27. The van der Waals surface area contributed by atoms with Gasteiger partial charge in [-0.25, -0.2) is 18.4 Å². The smallest absolute Gasteiger partial charge is 0.337 e. The first-order valence-corrected chi connectivity index (χ1v) is 10.1. The second-order valence-electron chi connectivity index (χ2n) is 6.44. The van der Waals surface area contributed by atoms with E-state index in [0.717, 1.165) is 34.5 Å². The Morgan fingerprint density at radius 3 is 2.34 bits per heavy atom. The molecule has 0 aliphatic heterocycles. The van der Waals surface area contributed by atoms with Crippen molar-refractivity contribution in [3.63, 3.8) is 0 Å². The molecule has 0 saturated carbocycles. The molecule has 0 radical (unpaired) electrons. The summed E-state index contributed by atoms with van der Waals surface area (Å²) in [6.45, 7) is 1.75. The van der Waals surface area contributed by atoms with Crippen LogP contribution in [0.5, 0.6) is 0 Å². The van der Waals surface area contributed by atoms with Gasteiger partial charge >= 0.3 is 5.97 Å². The molecule has 3 rings (SSSR count). The summed E-state index contributed by atoms with van der Waals surface area (Å²) in [4.78, 5) is 23.5. The van der Waals surface area contributed by atoms with Crippen LogP contribution in [0.25, 0.3) is 16.3 Å². The number of nitrogens with two attached hydrogens (primary N) is 1. The quantitative estimate of drug-likeness (QED) is 0.557. The average Bonchev–Trinajstić information content (AvgIpc) is 2.66. The summed E-state index contributed by atoms with van der Waals surface area (Å²) in [5, 5.41) is 18.9. The number of allylic oxidation sites excluding steroid dienone is 1. The van der Waals surface area contributed by atoms with Crippen molar-refractivity contribution in [3.8, 4) is 0 Å². The number of nitrogens with one attached hydrogen (secondary N) is 1. The Balaban J connectivity index is 1.91. The minimum atomic E-state index is -4.05. The predicted octanol–water partition coefficient (Wildman–Crippen LogP) is 3.23. The van der Waals surface area contributed by atoms with Gasteiger partial charge < -0.3 is 10.4 Å². The number of carbonyl (C=O) groups is 2. The van der Waals surface area contributed by atoms with E-state index in [1.54, 1.807) is 6.92 Å². The normalized spacial score (nSPS) is 12.0. The molecule has 29 heavy (non-hydrogen) atoms. The molecule has 0 atom stereocenters. The lowest BCUT2D eigenvalue weighted by atomic mass is 10.0. The Kier molecular flexibility index (Phi) is 5.49. The third-order valence-electron chi connectivity index (χ3n) is 4.36. The van der Waals surface area contributed by atoms with Crippen LogP contribution in [0, 0.1) is 0 Å². The molecule has 0 bridgehead atoms. The summed E-state index contributed by atoms with van der Waals surface area (Å²) in [6, 6.07) is 16.7. The number of primary sulfonamides is 1. The maximum absolute atomic E-state index is 12.4. The van der Waals surface area contributed by atoms with Crippen molar-refractivity contribution in [3.05, 3.63) is 77.9 Å². The lowest BCUT2D eigenvalue weighted by Crippen LogP contribution is -2.16. The van der Waals surface area contributed by atoms with Crippen LogP contribution in [-0.4, -0.2) is 25.4 Å². The standard InChI is InChI=1S/C21H18N2O5S/c1-13(15-7-6-14-4-2-3-5-16(14)11-15)10-20(24)23-19-12-17(29(22,27)28)8-9-18(19)21(25)26/h2-12H,1H3,(H,23,24)(H,25,26)(H2,22,27,28). The van der Waals surface area contributed by atoms with Gasteiger partial charge in [-0.15, -0.1) is 0 Å². The van der Waals surface area contributed by atoms with Crippen molar-refractivity contribution >= 4 is 43.9 Å². The van der Waals surface area contributed by atoms with Crippen LogP contribution in [0.4, 0.5) is 5.69 Å². The molecule has 0 saturated heterocycles. The van der Waals surface area contributed by atoms with Crippen molar-refractivity contribution in [1.82, 2.24) is 0 Å². The number of hydrogen-bond acceptors (Lipinski definition) is 4. The Labute approximate surface area is 167 Å². The molecule has 3 aromatic rings. The lowest BCUT2D eigenvalue weighted by Gasteiger charge is -2.10. The summed E-state index contributed by atoms with van der Waals surface area (Å²) < 4.78 is 23.1. The number of rotatable bonds is 5. The van der Waals surface area contributed by atoms with Crippen molar-refractivity contribution in [2.75, 3.05) is 5.32 Å². The van der Waals surface area contributed by atoms with Gasteiger partial charge in [-0.1, -0.05) is 36.4 Å². The van der Waals surface area contributed by atoms with Crippen molar-refractivity contribution < 1.29 is 23.1 Å². The van der Waals surface area contributed by atoms with Crippen molar-refractivity contribution in [2.24, 2.45) is 5.14 Å². The molecule has 1 amide bonds. The fourth-order valence-corrected chi connectivity index (χ4v) is 3.41. The Hall–Kier alpha value is -3.49. The molecule has 0 aliphatic carbocycles. The van der Waals surface area contributed by atoms with E-state index < -0.39 is 21.9 Å². The lowest BCUT2D eigenvalue weighted by molar-refractivity contribution is -0.111. The summed E-state index contributed by atoms with van der Waals surface area (Å²) in [6.07, 6.45) is 1.32. The van der Waals surface area contributed by atoms with Gasteiger partial charge in [0, 0.05) is 6.08 Å². The monoisotopic (exact) mass is 410 g/mol. The fraction of sp³-hybridized carbons (Fsp3) is 0.0476. The summed E-state index contributed by atoms with van der Waals surface area (Å²) in [5.74, 6) is -1.90. The molecule has 8 heteroatoms. The molecule has 0 fully saturated rings.